The molecule has 1 aromatic heterocycles. The van der Waals surface area contributed by atoms with Crippen molar-refractivity contribution in [2.75, 3.05) is 5.73 Å². The molecule has 74 valence electrons. The summed E-state index contributed by atoms with van der Waals surface area (Å²) in [5.41, 5.74) is 4.37. The van der Waals surface area contributed by atoms with Gasteiger partial charge in [-0.2, -0.15) is 5.10 Å². The number of anilines is 1. The Bertz CT molecular complexity index is 255. The summed E-state index contributed by atoms with van der Waals surface area (Å²) in [4.78, 5) is 0. The van der Waals surface area contributed by atoms with E-state index in [0.29, 0.717) is 5.56 Å². The molecule has 1 heterocycles. The van der Waals surface area contributed by atoms with Gasteiger partial charge in [0.25, 0.3) is 0 Å². The fourth-order valence-corrected chi connectivity index (χ4v) is 0.708. The molecule has 0 spiro atoms. The van der Waals surface area contributed by atoms with Crippen LogP contribution < -0.4 is 5.73 Å². The topological polar surface area (TPSA) is 51.8 Å². The monoisotopic (exact) mass is 185 g/mol. The smallest absolute Gasteiger partial charge is 0.146 e. The van der Waals surface area contributed by atoms with Gasteiger partial charge in [0, 0.05) is 5.56 Å². The average Bonchev–Trinajstić information content (AvgIpc) is 2.06. The molecular weight excluding hydrogens is 169 g/mol. The summed E-state index contributed by atoms with van der Waals surface area (Å²) in [6, 6.07) is 1.48. The number of hydrogen-bond donors (Lipinski definition) is 1. The van der Waals surface area contributed by atoms with Gasteiger partial charge >= 0.3 is 0 Å². The Labute approximate surface area is 78.2 Å². The zero-order chi connectivity index (χ0) is 10.5. The summed E-state index contributed by atoms with van der Waals surface area (Å²) in [6.45, 7) is 6.90. The molecule has 0 fully saturated rings. The van der Waals surface area contributed by atoms with E-state index >= 15 is 0 Å². The maximum atomic E-state index is 13.2. The Morgan fingerprint density at radius 2 is 1.92 bits per heavy atom. The van der Waals surface area contributed by atoms with Crippen molar-refractivity contribution in [2.45, 2.75) is 33.4 Å². The summed E-state index contributed by atoms with van der Waals surface area (Å²) in [5.74, 6) is 0.244. The minimum absolute atomic E-state index is 0.244. The highest BCUT2D eigenvalue weighted by Crippen LogP contribution is 2.23. The van der Waals surface area contributed by atoms with E-state index in [-0.39, 0.29) is 5.82 Å². The van der Waals surface area contributed by atoms with Gasteiger partial charge in [0.1, 0.15) is 11.5 Å². The highest BCUT2D eigenvalue weighted by Gasteiger charge is 2.19. The summed E-state index contributed by atoms with van der Waals surface area (Å²) in [7, 11) is 0. The van der Waals surface area contributed by atoms with Crippen molar-refractivity contribution >= 4 is 5.82 Å². The molecule has 0 atom stereocenters. The first kappa shape index (κ1) is 11.8. The molecule has 2 N–H and O–H groups in total. The van der Waals surface area contributed by atoms with Crippen molar-refractivity contribution in [1.29, 1.82) is 0 Å². The van der Waals surface area contributed by atoms with Crippen LogP contribution in [0.25, 0.3) is 0 Å². The normalized spacial score (nSPS) is 10.2. The van der Waals surface area contributed by atoms with Gasteiger partial charge in [-0.3, -0.25) is 0 Å². The Morgan fingerprint density at radius 1 is 1.38 bits per heavy atom. The molecule has 1 aromatic rings. The molecule has 0 amide bonds. The second kappa shape index (κ2) is 4.74. The Kier molecular flexibility index (Phi) is 4.31. The van der Waals surface area contributed by atoms with Crippen molar-refractivity contribution in [1.82, 2.24) is 10.2 Å². The standard InChI is InChI=1S/C7H10FN3.C2H6/c1-7(2,8)5-3-6(9)11-10-4-5;1-2/h3-4H,1-2H3,(H2,9,11);1-2H3. The number of alkyl halides is 1. The molecule has 0 aliphatic heterocycles. The van der Waals surface area contributed by atoms with Gasteiger partial charge in [-0.15, -0.1) is 5.10 Å². The van der Waals surface area contributed by atoms with Crippen LogP contribution in [0.5, 0.6) is 0 Å². The van der Waals surface area contributed by atoms with E-state index in [9.17, 15) is 4.39 Å². The van der Waals surface area contributed by atoms with Gasteiger partial charge in [-0.1, -0.05) is 13.8 Å². The number of rotatable bonds is 1. The molecule has 0 bridgehead atoms. The fourth-order valence-electron chi connectivity index (χ4n) is 0.708. The van der Waals surface area contributed by atoms with Crippen LogP contribution in [-0.2, 0) is 5.67 Å². The number of hydrogen-bond acceptors (Lipinski definition) is 3. The van der Waals surface area contributed by atoms with Crippen LogP contribution in [0.3, 0.4) is 0 Å². The second-order valence-corrected chi connectivity index (χ2v) is 2.84. The lowest BCUT2D eigenvalue weighted by atomic mass is 10.0. The minimum atomic E-state index is -1.40. The van der Waals surface area contributed by atoms with E-state index in [1.54, 1.807) is 0 Å². The van der Waals surface area contributed by atoms with Crippen LogP contribution in [0.1, 0.15) is 33.3 Å². The van der Waals surface area contributed by atoms with Crippen LogP contribution in [-0.4, -0.2) is 10.2 Å². The van der Waals surface area contributed by atoms with Crippen molar-refractivity contribution in [3.63, 3.8) is 0 Å². The van der Waals surface area contributed by atoms with E-state index in [1.807, 2.05) is 13.8 Å². The third-order valence-corrected chi connectivity index (χ3v) is 1.36. The lowest BCUT2D eigenvalue weighted by Gasteiger charge is -2.13. The van der Waals surface area contributed by atoms with Crippen LogP contribution in [0.15, 0.2) is 12.3 Å². The zero-order valence-electron chi connectivity index (χ0n) is 8.50. The summed E-state index contributed by atoms with van der Waals surface area (Å²) >= 11 is 0. The molecule has 0 unspecified atom stereocenters. The molecule has 0 aromatic carbocycles. The summed E-state index contributed by atoms with van der Waals surface area (Å²) in [5, 5.41) is 7.05. The molecule has 0 aliphatic carbocycles. The van der Waals surface area contributed by atoms with Crippen molar-refractivity contribution in [3.8, 4) is 0 Å². The van der Waals surface area contributed by atoms with Crippen LogP contribution >= 0.6 is 0 Å². The van der Waals surface area contributed by atoms with Gasteiger partial charge in [0.2, 0.25) is 0 Å². The quantitative estimate of drug-likeness (QED) is 0.730. The average molecular weight is 185 g/mol. The third kappa shape index (κ3) is 3.83. The second-order valence-electron chi connectivity index (χ2n) is 2.84. The molecule has 1 rings (SSSR count). The van der Waals surface area contributed by atoms with E-state index in [2.05, 4.69) is 10.2 Å². The lowest BCUT2D eigenvalue weighted by molar-refractivity contribution is 0.220. The van der Waals surface area contributed by atoms with Crippen molar-refractivity contribution in [2.24, 2.45) is 0 Å². The molecule has 0 saturated carbocycles. The highest BCUT2D eigenvalue weighted by molar-refractivity contribution is 5.31. The summed E-state index contributed by atoms with van der Waals surface area (Å²) in [6.07, 6.45) is 1.37. The van der Waals surface area contributed by atoms with Crippen LogP contribution in [0, 0.1) is 0 Å². The fraction of sp³-hybridized carbons (Fsp3) is 0.556. The molecule has 0 aliphatic rings. The van der Waals surface area contributed by atoms with Gasteiger partial charge in [0.05, 0.1) is 6.20 Å². The molecule has 0 saturated heterocycles. The number of nitrogen functional groups attached to an aromatic ring is 1. The lowest BCUT2D eigenvalue weighted by Crippen LogP contribution is -2.10. The minimum Gasteiger partial charge on any atom is -0.382 e. The SMILES string of the molecule is CC.CC(C)(F)c1cnnc(N)c1. The Hall–Kier alpha value is -1.19. The predicted octanol–water partition coefficient (Wildman–Crippen LogP) is 2.29. The van der Waals surface area contributed by atoms with Crippen molar-refractivity contribution in [3.05, 3.63) is 17.8 Å². The Morgan fingerprint density at radius 3 is 2.23 bits per heavy atom. The van der Waals surface area contributed by atoms with E-state index in [0.717, 1.165) is 0 Å². The maximum absolute atomic E-state index is 13.2. The van der Waals surface area contributed by atoms with Gasteiger partial charge < -0.3 is 5.73 Å². The van der Waals surface area contributed by atoms with Gasteiger partial charge in [0.15, 0.2) is 0 Å². The molecule has 0 radical (unpaired) electrons. The molecular formula is C9H16FN3. The molecule has 4 heteroatoms. The van der Waals surface area contributed by atoms with Gasteiger partial charge in [-0.25, -0.2) is 4.39 Å². The molecule has 3 nitrogen and oxygen atoms in total. The number of aromatic nitrogens is 2. The largest absolute Gasteiger partial charge is 0.382 e. The van der Waals surface area contributed by atoms with Crippen LogP contribution in [0.2, 0.25) is 0 Å². The Balaban J connectivity index is 0.000000671. The van der Waals surface area contributed by atoms with E-state index < -0.39 is 5.67 Å². The zero-order valence-corrected chi connectivity index (χ0v) is 8.50. The maximum Gasteiger partial charge on any atom is 0.146 e. The third-order valence-electron chi connectivity index (χ3n) is 1.36. The number of nitrogens with zero attached hydrogens (tertiary/aromatic N) is 2. The summed E-state index contributed by atoms with van der Waals surface area (Å²) < 4.78 is 13.2. The first-order valence-corrected chi connectivity index (χ1v) is 4.28. The van der Waals surface area contributed by atoms with Crippen molar-refractivity contribution < 1.29 is 4.39 Å². The predicted molar refractivity (Wildman–Crippen MR) is 51.9 cm³/mol. The van der Waals surface area contributed by atoms with E-state index in [4.69, 9.17) is 5.73 Å². The number of halogens is 1. The van der Waals surface area contributed by atoms with Crippen LogP contribution in [0.4, 0.5) is 10.2 Å². The van der Waals surface area contributed by atoms with E-state index in [1.165, 1.54) is 26.1 Å². The highest BCUT2D eigenvalue weighted by atomic mass is 19.1. The first-order chi connectivity index (χ1) is 6.00. The molecule has 13 heavy (non-hydrogen) atoms. The first-order valence-electron chi connectivity index (χ1n) is 4.28. The van der Waals surface area contributed by atoms with Gasteiger partial charge in [-0.05, 0) is 19.9 Å². The number of nitrogens with two attached hydrogens (primary N) is 1.